The number of benzene rings is 1. The van der Waals surface area contributed by atoms with E-state index in [0.717, 1.165) is 17.7 Å². The highest BCUT2D eigenvalue weighted by molar-refractivity contribution is 5.59. The van der Waals surface area contributed by atoms with Gasteiger partial charge in [-0.2, -0.15) is 0 Å². The molecule has 1 aliphatic heterocycles. The van der Waals surface area contributed by atoms with Gasteiger partial charge in [-0.05, 0) is 32.5 Å². The zero-order valence-corrected chi connectivity index (χ0v) is 9.42. The third-order valence-electron chi connectivity index (χ3n) is 3.42. The van der Waals surface area contributed by atoms with Crippen LogP contribution in [0.15, 0.2) is 18.2 Å². The maximum atomic E-state index is 13.6. The largest absolute Gasteiger partial charge is 0.369 e. The van der Waals surface area contributed by atoms with Gasteiger partial charge in [0.05, 0.1) is 0 Å². The third kappa shape index (κ3) is 1.61. The SMILES string of the molecule is CNC(C)C1Cc2c(F)cccc2N1C. The van der Waals surface area contributed by atoms with E-state index in [0.29, 0.717) is 12.1 Å². The van der Waals surface area contributed by atoms with Crippen molar-refractivity contribution in [2.45, 2.75) is 25.4 Å². The predicted molar refractivity (Wildman–Crippen MR) is 60.8 cm³/mol. The van der Waals surface area contributed by atoms with Crippen molar-refractivity contribution in [1.82, 2.24) is 5.32 Å². The smallest absolute Gasteiger partial charge is 0.128 e. The minimum absolute atomic E-state index is 0.0786. The Morgan fingerprint density at radius 3 is 2.87 bits per heavy atom. The Balaban J connectivity index is 2.33. The molecule has 2 unspecified atom stereocenters. The number of hydrogen-bond acceptors (Lipinski definition) is 2. The number of halogens is 1. The molecular formula is C12H17FN2. The second-order valence-corrected chi connectivity index (χ2v) is 4.20. The van der Waals surface area contributed by atoms with Crippen LogP contribution >= 0.6 is 0 Å². The highest BCUT2D eigenvalue weighted by atomic mass is 19.1. The van der Waals surface area contributed by atoms with E-state index in [1.807, 2.05) is 20.2 Å². The molecule has 3 heteroatoms. The Labute approximate surface area is 90.1 Å². The van der Waals surface area contributed by atoms with Crippen LogP contribution in [0.1, 0.15) is 12.5 Å². The van der Waals surface area contributed by atoms with Crippen molar-refractivity contribution >= 4 is 5.69 Å². The lowest BCUT2D eigenvalue weighted by molar-refractivity contribution is 0.484. The number of nitrogens with one attached hydrogen (secondary N) is 1. The molecule has 1 heterocycles. The lowest BCUT2D eigenvalue weighted by atomic mass is 10.0. The first-order chi connectivity index (χ1) is 7.15. The molecule has 0 saturated carbocycles. The van der Waals surface area contributed by atoms with Gasteiger partial charge in [0.15, 0.2) is 0 Å². The number of likely N-dealkylation sites (N-methyl/N-ethyl adjacent to an activating group) is 2. The van der Waals surface area contributed by atoms with Crippen LogP contribution in [0.5, 0.6) is 0 Å². The van der Waals surface area contributed by atoms with E-state index in [1.54, 1.807) is 12.1 Å². The lowest BCUT2D eigenvalue weighted by Gasteiger charge is -2.27. The average molecular weight is 208 g/mol. The van der Waals surface area contributed by atoms with Crippen molar-refractivity contribution in [3.05, 3.63) is 29.6 Å². The first-order valence-electron chi connectivity index (χ1n) is 5.32. The molecule has 0 bridgehead atoms. The van der Waals surface area contributed by atoms with Crippen LogP contribution in [-0.2, 0) is 6.42 Å². The van der Waals surface area contributed by atoms with E-state index >= 15 is 0 Å². The molecule has 0 aliphatic carbocycles. The Morgan fingerprint density at radius 2 is 2.27 bits per heavy atom. The van der Waals surface area contributed by atoms with Gasteiger partial charge in [0.1, 0.15) is 5.82 Å². The number of rotatable bonds is 2. The monoisotopic (exact) mass is 208 g/mol. The molecule has 0 fully saturated rings. The van der Waals surface area contributed by atoms with Gasteiger partial charge >= 0.3 is 0 Å². The Morgan fingerprint density at radius 1 is 1.53 bits per heavy atom. The van der Waals surface area contributed by atoms with Crippen molar-refractivity contribution in [2.75, 3.05) is 19.0 Å². The fourth-order valence-electron chi connectivity index (χ4n) is 2.31. The van der Waals surface area contributed by atoms with Crippen LogP contribution in [0.4, 0.5) is 10.1 Å². The molecule has 0 radical (unpaired) electrons. The summed E-state index contributed by atoms with van der Waals surface area (Å²) in [6.07, 6.45) is 0.792. The Kier molecular flexibility index (Phi) is 2.65. The first-order valence-corrected chi connectivity index (χ1v) is 5.32. The summed E-state index contributed by atoms with van der Waals surface area (Å²) in [6.45, 7) is 2.13. The lowest BCUT2D eigenvalue weighted by Crippen LogP contribution is -2.44. The zero-order valence-electron chi connectivity index (χ0n) is 9.42. The summed E-state index contributed by atoms with van der Waals surface area (Å²) in [5.74, 6) is -0.0786. The topological polar surface area (TPSA) is 15.3 Å². The maximum Gasteiger partial charge on any atom is 0.128 e. The van der Waals surface area contributed by atoms with Crippen LogP contribution < -0.4 is 10.2 Å². The van der Waals surface area contributed by atoms with Gasteiger partial charge < -0.3 is 10.2 Å². The van der Waals surface area contributed by atoms with Crippen molar-refractivity contribution in [2.24, 2.45) is 0 Å². The standard InChI is InChI=1S/C12H17FN2/c1-8(14-2)12-7-9-10(13)5-4-6-11(9)15(12)3/h4-6,8,12,14H,7H2,1-3H3. The van der Waals surface area contributed by atoms with Gasteiger partial charge in [-0.15, -0.1) is 0 Å². The minimum Gasteiger partial charge on any atom is -0.369 e. The second kappa shape index (κ2) is 3.81. The third-order valence-corrected chi connectivity index (χ3v) is 3.42. The molecule has 2 atom stereocenters. The van der Waals surface area contributed by atoms with E-state index in [1.165, 1.54) is 0 Å². The molecule has 15 heavy (non-hydrogen) atoms. The molecule has 1 aromatic carbocycles. The van der Waals surface area contributed by atoms with E-state index in [9.17, 15) is 4.39 Å². The Hall–Kier alpha value is -1.09. The van der Waals surface area contributed by atoms with Crippen molar-refractivity contribution in [1.29, 1.82) is 0 Å². The van der Waals surface area contributed by atoms with E-state index in [2.05, 4.69) is 17.1 Å². The fraction of sp³-hybridized carbons (Fsp3) is 0.500. The summed E-state index contributed by atoms with van der Waals surface area (Å²) in [7, 11) is 3.97. The predicted octanol–water partition coefficient (Wildman–Crippen LogP) is 1.79. The van der Waals surface area contributed by atoms with E-state index in [-0.39, 0.29) is 5.82 Å². The first kappa shape index (κ1) is 10.4. The van der Waals surface area contributed by atoms with Gasteiger partial charge in [-0.1, -0.05) is 6.07 Å². The molecule has 1 N–H and O–H groups in total. The van der Waals surface area contributed by atoms with Crippen LogP contribution in [0.25, 0.3) is 0 Å². The van der Waals surface area contributed by atoms with Crippen LogP contribution in [0.2, 0.25) is 0 Å². The maximum absolute atomic E-state index is 13.6. The summed E-state index contributed by atoms with van der Waals surface area (Å²) in [5, 5.41) is 3.23. The summed E-state index contributed by atoms with van der Waals surface area (Å²) in [5.41, 5.74) is 1.88. The van der Waals surface area contributed by atoms with Crippen LogP contribution in [0, 0.1) is 5.82 Å². The normalized spacial score (nSPS) is 21.6. The molecule has 0 aromatic heterocycles. The van der Waals surface area contributed by atoms with Crippen molar-refractivity contribution < 1.29 is 4.39 Å². The summed E-state index contributed by atoms with van der Waals surface area (Å²) < 4.78 is 13.6. The summed E-state index contributed by atoms with van der Waals surface area (Å²) >= 11 is 0. The number of anilines is 1. The van der Waals surface area contributed by atoms with Gasteiger partial charge in [-0.25, -0.2) is 4.39 Å². The van der Waals surface area contributed by atoms with Crippen LogP contribution in [0.3, 0.4) is 0 Å². The molecule has 2 nitrogen and oxygen atoms in total. The quantitative estimate of drug-likeness (QED) is 0.797. The molecule has 0 spiro atoms. The highest BCUT2D eigenvalue weighted by Gasteiger charge is 2.31. The molecule has 2 rings (SSSR count). The second-order valence-electron chi connectivity index (χ2n) is 4.20. The molecular weight excluding hydrogens is 191 g/mol. The van der Waals surface area contributed by atoms with Gasteiger partial charge in [-0.3, -0.25) is 0 Å². The average Bonchev–Trinajstić information content (AvgIpc) is 2.57. The summed E-state index contributed by atoms with van der Waals surface area (Å²) in [6, 6.07) is 6.01. The molecule has 1 aromatic rings. The molecule has 0 amide bonds. The van der Waals surface area contributed by atoms with Gasteiger partial charge in [0, 0.05) is 30.4 Å². The van der Waals surface area contributed by atoms with Crippen molar-refractivity contribution in [3.8, 4) is 0 Å². The highest BCUT2D eigenvalue weighted by Crippen LogP contribution is 2.33. The number of nitrogens with zero attached hydrogens (tertiary/aromatic N) is 1. The number of fused-ring (bicyclic) bond motifs is 1. The summed E-state index contributed by atoms with van der Waals surface area (Å²) in [4.78, 5) is 2.17. The molecule has 1 aliphatic rings. The van der Waals surface area contributed by atoms with Gasteiger partial charge in [0.2, 0.25) is 0 Å². The van der Waals surface area contributed by atoms with Crippen LogP contribution in [-0.4, -0.2) is 26.2 Å². The minimum atomic E-state index is -0.0786. The van der Waals surface area contributed by atoms with E-state index in [4.69, 9.17) is 0 Å². The van der Waals surface area contributed by atoms with Crippen molar-refractivity contribution in [3.63, 3.8) is 0 Å². The Bertz CT molecular complexity index is 365. The van der Waals surface area contributed by atoms with Gasteiger partial charge in [0.25, 0.3) is 0 Å². The molecule has 0 saturated heterocycles. The molecule has 82 valence electrons. The number of hydrogen-bond donors (Lipinski definition) is 1. The van der Waals surface area contributed by atoms with E-state index < -0.39 is 0 Å². The zero-order chi connectivity index (χ0) is 11.0. The fourth-order valence-corrected chi connectivity index (χ4v) is 2.31.